The number of hydrogen-bond acceptors (Lipinski definition) is 4. The summed E-state index contributed by atoms with van der Waals surface area (Å²) in [7, 11) is 0. The van der Waals surface area contributed by atoms with Crippen molar-refractivity contribution in [2.75, 3.05) is 19.7 Å². The average Bonchev–Trinajstić information content (AvgIpc) is 2.14. The van der Waals surface area contributed by atoms with E-state index < -0.39 is 5.60 Å². The molecule has 0 aliphatic carbocycles. The fraction of sp³-hybridized carbons (Fsp3) is 0.909. The van der Waals surface area contributed by atoms with Crippen LogP contribution in [0.2, 0.25) is 0 Å². The molecule has 0 radical (unpaired) electrons. The molecule has 0 atom stereocenters. The zero-order chi connectivity index (χ0) is 11.3. The van der Waals surface area contributed by atoms with E-state index in [0.717, 1.165) is 25.9 Å². The van der Waals surface area contributed by atoms with E-state index in [4.69, 9.17) is 9.47 Å². The van der Waals surface area contributed by atoms with Gasteiger partial charge in [0, 0.05) is 0 Å². The van der Waals surface area contributed by atoms with Crippen molar-refractivity contribution in [1.82, 2.24) is 5.32 Å². The highest BCUT2D eigenvalue weighted by molar-refractivity contribution is 5.85. The Hall–Kier alpha value is -0.320. The molecule has 0 amide bonds. The fourth-order valence-corrected chi connectivity index (χ4v) is 1.52. The first-order chi connectivity index (χ1) is 6.97. The van der Waals surface area contributed by atoms with Crippen molar-refractivity contribution in [2.45, 2.75) is 45.3 Å². The molecule has 1 rings (SSSR count). The van der Waals surface area contributed by atoms with Crippen LogP contribution in [-0.4, -0.2) is 37.4 Å². The molecule has 1 aliphatic heterocycles. The molecular formula is C11H22ClNO3. The Morgan fingerprint density at radius 2 is 1.88 bits per heavy atom. The molecule has 16 heavy (non-hydrogen) atoms. The average molecular weight is 252 g/mol. The van der Waals surface area contributed by atoms with Crippen LogP contribution in [0, 0.1) is 0 Å². The highest BCUT2D eigenvalue weighted by Crippen LogP contribution is 2.10. The molecule has 0 spiro atoms. The first-order valence-electron chi connectivity index (χ1n) is 5.51. The second-order valence-corrected chi connectivity index (χ2v) is 4.85. The Bertz CT molecular complexity index is 210. The molecule has 0 saturated carbocycles. The van der Waals surface area contributed by atoms with Crippen LogP contribution in [0.3, 0.4) is 0 Å². The second-order valence-electron chi connectivity index (χ2n) is 4.85. The number of esters is 1. The molecule has 4 nitrogen and oxygen atoms in total. The largest absolute Gasteiger partial charge is 0.458 e. The van der Waals surface area contributed by atoms with Crippen molar-refractivity contribution in [3.8, 4) is 0 Å². The van der Waals surface area contributed by atoms with Gasteiger partial charge in [0.15, 0.2) is 0 Å². The van der Waals surface area contributed by atoms with Gasteiger partial charge in [0.2, 0.25) is 0 Å². The molecule has 1 aliphatic rings. The molecule has 96 valence electrons. The number of piperidine rings is 1. The van der Waals surface area contributed by atoms with Crippen molar-refractivity contribution in [1.29, 1.82) is 0 Å². The van der Waals surface area contributed by atoms with Crippen LogP contribution < -0.4 is 5.32 Å². The van der Waals surface area contributed by atoms with E-state index in [1.54, 1.807) is 0 Å². The second kappa shape index (κ2) is 7.09. The number of carbonyl (C=O) groups is 1. The third-order valence-electron chi connectivity index (χ3n) is 2.14. The summed E-state index contributed by atoms with van der Waals surface area (Å²) in [4.78, 5) is 11.3. The highest BCUT2D eigenvalue weighted by atomic mass is 35.5. The van der Waals surface area contributed by atoms with Gasteiger partial charge >= 0.3 is 5.97 Å². The standard InChI is InChI=1S/C11H21NO3.ClH/c1-11(2,3)15-10(13)8-14-9-4-6-12-7-5-9;/h9,12H,4-8H2,1-3H3;1H. The number of halogens is 1. The number of carbonyl (C=O) groups excluding carboxylic acids is 1. The minimum Gasteiger partial charge on any atom is -0.458 e. The monoisotopic (exact) mass is 251 g/mol. The summed E-state index contributed by atoms with van der Waals surface area (Å²) in [5.74, 6) is -0.277. The number of hydrogen-bond donors (Lipinski definition) is 1. The summed E-state index contributed by atoms with van der Waals surface area (Å²) in [6, 6.07) is 0. The lowest BCUT2D eigenvalue weighted by atomic mass is 10.1. The van der Waals surface area contributed by atoms with Gasteiger partial charge in [-0.15, -0.1) is 12.4 Å². The van der Waals surface area contributed by atoms with E-state index in [9.17, 15) is 4.79 Å². The Balaban J connectivity index is 0.00000225. The number of rotatable bonds is 3. The first kappa shape index (κ1) is 15.7. The van der Waals surface area contributed by atoms with E-state index in [1.807, 2.05) is 20.8 Å². The fourth-order valence-electron chi connectivity index (χ4n) is 1.52. The van der Waals surface area contributed by atoms with Crippen LogP contribution in [0.5, 0.6) is 0 Å². The molecule has 5 heteroatoms. The smallest absolute Gasteiger partial charge is 0.332 e. The van der Waals surface area contributed by atoms with Gasteiger partial charge in [0.25, 0.3) is 0 Å². The van der Waals surface area contributed by atoms with E-state index in [0.29, 0.717) is 0 Å². The predicted octanol–water partition coefficient (Wildman–Crippen LogP) is 1.52. The van der Waals surface area contributed by atoms with Gasteiger partial charge in [0.1, 0.15) is 12.2 Å². The molecule has 0 unspecified atom stereocenters. The van der Waals surface area contributed by atoms with Crippen LogP contribution in [0.15, 0.2) is 0 Å². The maximum Gasteiger partial charge on any atom is 0.332 e. The van der Waals surface area contributed by atoms with Crippen molar-refractivity contribution in [3.05, 3.63) is 0 Å². The first-order valence-corrected chi connectivity index (χ1v) is 5.51. The SMILES string of the molecule is CC(C)(C)OC(=O)COC1CCNCC1.Cl. The molecule has 1 N–H and O–H groups in total. The summed E-state index contributed by atoms with van der Waals surface area (Å²) < 4.78 is 10.6. The maximum atomic E-state index is 11.3. The predicted molar refractivity (Wildman–Crippen MR) is 64.9 cm³/mol. The van der Waals surface area contributed by atoms with Gasteiger partial charge in [-0.2, -0.15) is 0 Å². The molecule has 1 fully saturated rings. The van der Waals surface area contributed by atoms with Gasteiger partial charge in [0.05, 0.1) is 6.10 Å². The van der Waals surface area contributed by atoms with E-state index in [1.165, 1.54) is 0 Å². The van der Waals surface area contributed by atoms with Crippen molar-refractivity contribution < 1.29 is 14.3 Å². The van der Waals surface area contributed by atoms with Gasteiger partial charge in [-0.05, 0) is 46.7 Å². The number of nitrogens with one attached hydrogen (secondary N) is 1. The van der Waals surface area contributed by atoms with Crippen LogP contribution in [-0.2, 0) is 14.3 Å². The summed E-state index contributed by atoms with van der Waals surface area (Å²) in [5.41, 5.74) is -0.422. The molecule has 0 aromatic carbocycles. The zero-order valence-electron chi connectivity index (χ0n) is 10.2. The third-order valence-corrected chi connectivity index (χ3v) is 2.14. The van der Waals surface area contributed by atoms with Crippen LogP contribution in [0.4, 0.5) is 0 Å². The quantitative estimate of drug-likeness (QED) is 0.773. The van der Waals surface area contributed by atoms with E-state index >= 15 is 0 Å². The Labute approximate surface area is 103 Å². The molecular weight excluding hydrogens is 230 g/mol. The maximum absolute atomic E-state index is 11.3. The summed E-state index contributed by atoms with van der Waals surface area (Å²) in [6.07, 6.45) is 2.16. The Morgan fingerprint density at radius 1 is 1.31 bits per heavy atom. The molecule has 0 bridgehead atoms. The van der Waals surface area contributed by atoms with Gasteiger partial charge in [-0.25, -0.2) is 4.79 Å². The Kier molecular flexibility index (Phi) is 6.95. The van der Waals surface area contributed by atoms with E-state index in [2.05, 4.69) is 5.32 Å². The van der Waals surface area contributed by atoms with Gasteiger partial charge in [-0.1, -0.05) is 0 Å². The lowest BCUT2D eigenvalue weighted by molar-refractivity contribution is -0.162. The van der Waals surface area contributed by atoms with Gasteiger partial charge in [-0.3, -0.25) is 0 Å². The van der Waals surface area contributed by atoms with Gasteiger partial charge < -0.3 is 14.8 Å². The Morgan fingerprint density at radius 3 is 2.38 bits per heavy atom. The normalized spacial score (nSPS) is 17.7. The number of ether oxygens (including phenoxy) is 2. The molecule has 0 aromatic heterocycles. The summed E-state index contributed by atoms with van der Waals surface area (Å²) in [6.45, 7) is 7.58. The lowest BCUT2D eigenvalue weighted by Gasteiger charge is -2.24. The molecule has 1 saturated heterocycles. The van der Waals surface area contributed by atoms with Crippen LogP contribution in [0.25, 0.3) is 0 Å². The van der Waals surface area contributed by atoms with Crippen molar-refractivity contribution >= 4 is 18.4 Å². The minimum absolute atomic E-state index is 0. The summed E-state index contributed by atoms with van der Waals surface area (Å²) in [5, 5.41) is 3.24. The third kappa shape index (κ3) is 7.04. The van der Waals surface area contributed by atoms with Crippen molar-refractivity contribution in [2.24, 2.45) is 0 Å². The zero-order valence-corrected chi connectivity index (χ0v) is 11.1. The van der Waals surface area contributed by atoms with Crippen LogP contribution in [0.1, 0.15) is 33.6 Å². The highest BCUT2D eigenvalue weighted by Gasteiger charge is 2.19. The van der Waals surface area contributed by atoms with Crippen molar-refractivity contribution in [3.63, 3.8) is 0 Å². The molecule has 1 heterocycles. The molecule has 0 aromatic rings. The summed E-state index contributed by atoms with van der Waals surface area (Å²) >= 11 is 0. The van der Waals surface area contributed by atoms with E-state index in [-0.39, 0.29) is 31.1 Å². The lowest BCUT2D eigenvalue weighted by Crippen LogP contribution is -2.34. The topological polar surface area (TPSA) is 47.6 Å². The minimum atomic E-state index is -0.422. The van der Waals surface area contributed by atoms with Crippen LogP contribution >= 0.6 is 12.4 Å².